The molecule has 0 atom stereocenters. The van der Waals surface area contributed by atoms with Gasteiger partial charge in [-0.25, -0.2) is 9.97 Å². The summed E-state index contributed by atoms with van der Waals surface area (Å²) in [6, 6.07) is 7.61. The number of hydrogen-bond acceptors (Lipinski definition) is 10. The molecule has 4 aromatic rings. The molecule has 0 fully saturated rings. The molecule has 45 heavy (non-hydrogen) atoms. The molecule has 8 N–H and O–H groups in total. The van der Waals surface area contributed by atoms with Crippen molar-refractivity contribution in [2.45, 2.75) is 30.1 Å². The molecule has 22 heteroatoms. The first-order valence-corrected chi connectivity index (χ1v) is 11.6. The number of nitrogens with two attached hydrogens (primary N) is 4. The zero-order valence-corrected chi connectivity index (χ0v) is 21.8. The van der Waals surface area contributed by atoms with Crippen LogP contribution in [0.25, 0.3) is 21.8 Å². The SMILES string of the molecule is Nc1nc(N)c2c(OCC(F)(F)C(F)(F)C(F)(F)F)cccc2n1.Nc1nc(N)c2c(OCC(F)(F)C(F)(F)F)cccc2n1. The third-order valence-electron chi connectivity index (χ3n) is 5.51. The maximum atomic E-state index is 13.3. The molecule has 0 saturated heterocycles. The van der Waals surface area contributed by atoms with E-state index in [2.05, 4.69) is 29.4 Å². The first-order valence-electron chi connectivity index (χ1n) is 11.6. The predicted molar refractivity (Wildman–Crippen MR) is 135 cm³/mol. The number of rotatable bonds is 7. The molecular weight excluding hydrogens is 648 g/mol. The lowest BCUT2D eigenvalue weighted by Gasteiger charge is -2.28. The summed E-state index contributed by atoms with van der Waals surface area (Å²) in [5, 5.41) is -0.123. The molecule has 2 aromatic heterocycles. The van der Waals surface area contributed by atoms with Crippen LogP contribution in [0.5, 0.6) is 11.5 Å². The third kappa shape index (κ3) is 7.25. The van der Waals surface area contributed by atoms with Crippen LogP contribution in [0.1, 0.15) is 0 Å². The first kappa shape index (κ1) is 34.6. The quantitative estimate of drug-likeness (QED) is 0.188. The van der Waals surface area contributed by atoms with Crippen LogP contribution in [0.2, 0.25) is 0 Å². The van der Waals surface area contributed by atoms with Gasteiger partial charge in [-0.05, 0) is 24.3 Å². The van der Waals surface area contributed by atoms with E-state index in [1.807, 2.05) is 0 Å². The topological polar surface area (TPSA) is 174 Å². The fourth-order valence-electron chi connectivity index (χ4n) is 3.35. The highest BCUT2D eigenvalue weighted by Gasteiger charge is 2.73. The van der Waals surface area contributed by atoms with E-state index >= 15 is 0 Å². The Morgan fingerprint density at radius 3 is 1.24 bits per heavy atom. The fourth-order valence-corrected chi connectivity index (χ4v) is 3.35. The first-order chi connectivity index (χ1) is 20.5. The fraction of sp³-hybridized carbons (Fsp3) is 0.304. The van der Waals surface area contributed by atoms with Gasteiger partial charge in [-0.2, -0.15) is 62.7 Å². The molecule has 0 aliphatic heterocycles. The molecular formula is C23H18F12N8O2. The lowest BCUT2D eigenvalue weighted by atomic mass is 10.1. The summed E-state index contributed by atoms with van der Waals surface area (Å²) in [4.78, 5) is 14.7. The number of alkyl halides is 12. The second-order valence-corrected chi connectivity index (χ2v) is 8.79. The van der Waals surface area contributed by atoms with Gasteiger partial charge in [0.2, 0.25) is 11.9 Å². The Hall–Kier alpha value is -4.92. The van der Waals surface area contributed by atoms with E-state index in [0.29, 0.717) is 0 Å². The van der Waals surface area contributed by atoms with Gasteiger partial charge >= 0.3 is 30.1 Å². The number of ether oxygens (including phenoxy) is 2. The Bertz CT molecular complexity index is 1680. The highest BCUT2D eigenvalue weighted by molar-refractivity contribution is 5.95. The van der Waals surface area contributed by atoms with Crippen molar-refractivity contribution in [3.8, 4) is 11.5 Å². The molecule has 0 aliphatic carbocycles. The molecule has 4 rings (SSSR count). The Morgan fingerprint density at radius 1 is 0.511 bits per heavy atom. The average Bonchev–Trinajstić information content (AvgIpc) is 2.89. The van der Waals surface area contributed by atoms with E-state index in [0.717, 1.165) is 6.07 Å². The summed E-state index contributed by atoms with van der Waals surface area (Å²) in [5.41, 5.74) is 22.0. The van der Waals surface area contributed by atoms with Crippen LogP contribution in [0.4, 0.5) is 76.2 Å². The molecule has 0 aliphatic rings. The number of nitrogen functional groups attached to an aromatic ring is 4. The van der Waals surface area contributed by atoms with Crippen LogP contribution in [0.3, 0.4) is 0 Å². The van der Waals surface area contributed by atoms with Gasteiger partial charge in [0.15, 0.2) is 13.2 Å². The van der Waals surface area contributed by atoms with Crippen LogP contribution < -0.4 is 32.4 Å². The van der Waals surface area contributed by atoms with Gasteiger partial charge < -0.3 is 32.4 Å². The van der Waals surface area contributed by atoms with E-state index in [1.165, 1.54) is 30.3 Å². The Kier molecular flexibility index (Phi) is 9.12. The number of fused-ring (bicyclic) bond motifs is 2. The van der Waals surface area contributed by atoms with Gasteiger partial charge in [-0.1, -0.05) is 12.1 Å². The van der Waals surface area contributed by atoms with Crippen molar-refractivity contribution in [3.05, 3.63) is 36.4 Å². The Balaban J connectivity index is 0.000000248. The van der Waals surface area contributed by atoms with Gasteiger partial charge in [0.05, 0.1) is 21.8 Å². The van der Waals surface area contributed by atoms with Crippen molar-refractivity contribution in [1.29, 1.82) is 0 Å². The highest BCUT2D eigenvalue weighted by Crippen LogP contribution is 2.47. The van der Waals surface area contributed by atoms with Crippen molar-refractivity contribution in [1.82, 2.24) is 19.9 Å². The van der Waals surface area contributed by atoms with Crippen molar-refractivity contribution >= 4 is 45.3 Å². The van der Waals surface area contributed by atoms with Crippen molar-refractivity contribution in [2.75, 3.05) is 36.1 Å². The largest absolute Gasteiger partial charge is 0.486 e. The summed E-state index contributed by atoms with van der Waals surface area (Å²) in [6.07, 6.45) is -12.1. The summed E-state index contributed by atoms with van der Waals surface area (Å²) >= 11 is 0. The van der Waals surface area contributed by atoms with E-state index in [1.54, 1.807) is 0 Å². The third-order valence-corrected chi connectivity index (χ3v) is 5.51. The van der Waals surface area contributed by atoms with Crippen molar-refractivity contribution in [3.63, 3.8) is 0 Å². The maximum Gasteiger partial charge on any atom is 0.460 e. The molecule has 0 radical (unpaired) electrons. The molecule has 10 nitrogen and oxygen atoms in total. The summed E-state index contributed by atoms with van der Waals surface area (Å²) in [6.45, 7) is -4.11. The van der Waals surface area contributed by atoms with Gasteiger partial charge in [0.1, 0.15) is 23.1 Å². The number of hydrogen-bond donors (Lipinski definition) is 4. The summed E-state index contributed by atoms with van der Waals surface area (Å²) in [5.74, 6) is -18.4. The van der Waals surface area contributed by atoms with Crippen molar-refractivity contribution in [2.24, 2.45) is 0 Å². The average molecular weight is 666 g/mol. The number of halogens is 12. The van der Waals surface area contributed by atoms with Crippen LogP contribution in [0.15, 0.2) is 36.4 Å². The summed E-state index contributed by atoms with van der Waals surface area (Å²) in [7, 11) is 0. The standard InChI is InChI=1S/C12H9F7N4O.C11H9F5N4O/c13-10(14,11(15,16)12(17,18)19)4-24-6-3-1-2-5-7(6)8(20)23-9(21)22-5;12-10(13,11(14,15)16)4-21-6-3-1-2-5-7(6)8(17)20-9(18)19-5/h1-3H,4H2,(H4,20,21,22,23);1-3H,4H2,(H4,17,18,19,20). The minimum atomic E-state index is -6.44. The second kappa shape index (κ2) is 11.9. The van der Waals surface area contributed by atoms with Gasteiger partial charge in [0, 0.05) is 0 Å². The lowest BCUT2D eigenvalue weighted by Crippen LogP contribution is -2.54. The Labute approximate surface area is 242 Å². The Morgan fingerprint density at radius 2 is 0.889 bits per heavy atom. The minimum absolute atomic E-state index is 0.0182. The van der Waals surface area contributed by atoms with E-state index in [4.69, 9.17) is 22.9 Å². The van der Waals surface area contributed by atoms with Crippen LogP contribution in [-0.4, -0.2) is 63.3 Å². The van der Waals surface area contributed by atoms with E-state index < -0.39 is 49.1 Å². The van der Waals surface area contributed by atoms with Crippen molar-refractivity contribution < 1.29 is 62.2 Å². The van der Waals surface area contributed by atoms with Gasteiger partial charge in [-0.15, -0.1) is 0 Å². The van der Waals surface area contributed by atoms with Crippen LogP contribution in [-0.2, 0) is 0 Å². The zero-order valence-electron chi connectivity index (χ0n) is 21.8. The summed E-state index contributed by atoms with van der Waals surface area (Å²) < 4.78 is 159. The van der Waals surface area contributed by atoms with E-state index in [9.17, 15) is 52.7 Å². The van der Waals surface area contributed by atoms with Gasteiger partial charge in [-0.3, -0.25) is 0 Å². The predicted octanol–water partition coefficient (Wildman–Crippen LogP) is 5.38. The molecule has 0 unspecified atom stereocenters. The molecule has 2 aromatic carbocycles. The van der Waals surface area contributed by atoms with Crippen LogP contribution in [0, 0.1) is 0 Å². The molecule has 2 heterocycles. The van der Waals surface area contributed by atoms with E-state index in [-0.39, 0.29) is 51.1 Å². The highest BCUT2D eigenvalue weighted by atomic mass is 19.4. The molecule has 0 bridgehead atoms. The monoisotopic (exact) mass is 666 g/mol. The number of nitrogens with zero attached hydrogens (tertiary/aromatic N) is 4. The smallest absolute Gasteiger partial charge is 0.460 e. The van der Waals surface area contributed by atoms with Gasteiger partial charge in [0.25, 0.3) is 0 Å². The maximum absolute atomic E-state index is 13.3. The van der Waals surface area contributed by atoms with Crippen LogP contribution >= 0.6 is 0 Å². The molecule has 0 saturated carbocycles. The molecule has 0 spiro atoms. The number of benzene rings is 2. The normalized spacial score (nSPS) is 13.0. The number of aromatic nitrogens is 4. The minimum Gasteiger partial charge on any atom is -0.486 e. The number of anilines is 4. The second-order valence-electron chi connectivity index (χ2n) is 8.79. The lowest BCUT2D eigenvalue weighted by molar-refractivity contribution is -0.358. The molecule has 246 valence electrons. The zero-order chi connectivity index (χ0) is 34.2. The molecule has 0 amide bonds.